The zero-order valence-electron chi connectivity index (χ0n) is 5.86. The molecule has 0 N–H and O–H groups in total. The highest BCUT2D eigenvalue weighted by atomic mass is 35.5. The lowest BCUT2D eigenvalue weighted by Crippen LogP contribution is -1.61. The Morgan fingerprint density at radius 2 is 2.42 bits per heavy atom. The van der Waals surface area contributed by atoms with E-state index in [0.29, 0.717) is 0 Å². The molecule has 12 heavy (non-hydrogen) atoms. The monoisotopic (exact) mass is 233 g/mol. The number of thiazole rings is 1. The molecule has 0 aliphatic heterocycles. The van der Waals surface area contributed by atoms with Gasteiger partial charge in [-0.25, -0.2) is 4.98 Å². The van der Waals surface area contributed by atoms with E-state index < -0.39 is 0 Å². The Labute approximate surface area is 87.4 Å². The number of thiophene rings is 1. The van der Waals surface area contributed by atoms with Gasteiger partial charge >= 0.3 is 0 Å². The summed E-state index contributed by atoms with van der Waals surface area (Å²) in [5.41, 5.74) is 0. The van der Waals surface area contributed by atoms with E-state index >= 15 is 0 Å². The Bertz CT molecular complexity index is 354. The molecule has 0 aliphatic carbocycles. The number of rotatable bonds is 2. The van der Waals surface area contributed by atoms with Crippen molar-refractivity contribution in [1.82, 2.24) is 4.98 Å². The molecule has 2 rings (SSSR count). The molecule has 0 saturated heterocycles. The van der Waals surface area contributed by atoms with E-state index in [-0.39, 0.29) is 0 Å². The summed E-state index contributed by atoms with van der Waals surface area (Å²) in [6, 6.07) is 4.10. The van der Waals surface area contributed by atoms with Crippen LogP contribution in [0.2, 0.25) is 4.34 Å². The van der Waals surface area contributed by atoms with Crippen LogP contribution in [0.15, 0.2) is 32.3 Å². The smallest absolute Gasteiger partial charge is 0.156 e. The lowest BCUT2D eigenvalue weighted by Gasteiger charge is -1.88. The average molecular weight is 234 g/mol. The van der Waals surface area contributed by atoms with Gasteiger partial charge in [0, 0.05) is 0 Å². The first-order valence-corrected chi connectivity index (χ1v) is 6.06. The van der Waals surface area contributed by atoms with Crippen molar-refractivity contribution in [2.24, 2.45) is 0 Å². The van der Waals surface area contributed by atoms with Crippen LogP contribution in [0.4, 0.5) is 0 Å². The van der Waals surface area contributed by atoms with Crippen LogP contribution in [0.1, 0.15) is 0 Å². The second kappa shape index (κ2) is 3.79. The van der Waals surface area contributed by atoms with Crippen molar-refractivity contribution in [3.8, 4) is 0 Å². The molecule has 5 heteroatoms. The van der Waals surface area contributed by atoms with E-state index in [0.717, 1.165) is 8.68 Å². The maximum absolute atomic E-state index is 5.75. The second-order valence-electron chi connectivity index (χ2n) is 1.96. The van der Waals surface area contributed by atoms with Crippen molar-refractivity contribution < 1.29 is 0 Å². The van der Waals surface area contributed by atoms with Crippen molar-refractivity contribution >= 4 is 46.0 Å². The summed E-state index contributed by atoms with van der Waals surface area (Å²) in [5.74, 6) is 0. The van der Waals surface area contributed by atoms with Gasteiger partial charge in [0.1, 0.15) is 4.34 Å². The van der Waals surface area contributed by atoms with Crippen LogP contribution in [0.5, 0.6) is 0 Å². The van der Waals surface area contributed by atoms with Gasteiger partial charge in [-0.05, 0) is 23.2 Å². The molecule has 1 nitrogen and oxygen atoms in total. The van der Waals surface area contributed by atoms with Crippen LogP contribution in [-0.4, -0.2) is 4.98 Å². The number of nitrogens with zero attached hydrogens (tertiary/aromatic N) is 1. The fraction of sp³-hybridized carbons (Fsp3) is 0. The fourth-order valence-electron chi connectivity index (χ4n) is 0.694. The highest BCUT2D eigenvalue weighted by Crippen LogP contribution is 2.35. The fourth-order valence-corrected chi connectivity index (χ4v) is 3.81. The van der Waals surface area contributed by atoms with Gasteiger partial charge in [0.15, 0.2) is 4.34 Å². The Kier molecular flexibility index (Phi) is 2.70. The van der Waals surface area contributed by atoms with Crippen molar-refractivity contribution in [1.29, 1.82) is 0 Å². The van der Waals surface area contributed by atoms with Crippen LogP contribution in [-0.2, 0) is 0 Å². The molecule has 2 heterocycles. The molecular weight excluding hydrogens is 230 g/mol. The van der Waals surface area contributed by atoms with Crippen LogP contribution in [0.3, 0.4) is 0 Å². The molecule has 62 valence electrons. The summed E-state index contributed by atoms with van der Waals surface area (Å²) in [5, 5.41) is 2.05. The lowest BCUT2D eigenvalue weighted by molar-refractivity contribution is 1.25. The molecule has 0 amide bonds. The lowest BCUT2D eigenvalue weighted by atomic mass is 10.7. The molecule has 0 unspecified atom stereocenters. The zero-order chi connectivity index (χ0) is 8.39. The Hall–Kier alpha value is -0.0300. The first-order chi connectivity index (χ1) is 5.84. The van der Waals surface area contributed by atoms with Gasteiger partial charge < -0.3 is 0 Å². The van der Waals surface area contributed by atoms with E-state index in [4.69, 9.17) is 11.6 Å². The minimum Gasteiger partial charge on any atom is -0.236 e. The maximum Gasteiger partial charge on any atom is 0.156 e. The topological polar surface area (TPSA) is 12.9 Å². The van der Waals surface area contributed by atoms with Crippen molar-refractivity contribution in [2.75, 3.05) is 0 Å². The standard InChI is InChI=1S/C7H4ClNS3/c8-5-4-9-7(11-5)12-6-2-1-3-10-6/h1-4H. The highest BCUT2D eigenvalue weighted by Gasteiger charge is 2.02. The summed E-state index contributed by atoms with van der Waals surface area (Å²) in [6.07, 6.45) is 1.68. The molecule has 0 radical (unpaired) electrons. The van der Waals surface area contributed by atoms with Gasteiger partial charge in [-0.1, -0.05) is 29.0 Å². The van der Waals surface area contributed by atoms with Crippen LogP contribution < -0.4 is 0 Å². The van der Waals surface area contributed by atoms with Crippen molar-refractivity contribution in [3.05, 3.63) is 28.0 Å². The molecule has 0 fully saturated rings. The molecular formula is C7H4ClNS3. The number of aromatic nitrogens is 1. The maximum atomic E-state index is 5.75. The van der Waals surface area contributed by atoms with Gasteiger partial charge in [-0.2, -0.15) is 0 Å². The van der Waals surface area contributed by atoms with E-state index in [9.17, 15) is 0 Å². The Balaban J connectivity index is 2.14. The summed E-state index contributed by atoms with van der Waals surface area (Å²) in [4.78, 5) is 4.15. The van der Waals surface area contributed by atoms with E-state index in [1.807, 2.05) is 6.07 Å². The average Bonchev–Trinajstić information content (AvgIpc) is 2.63. The molecule has 0 saturated carbocycles. The van der Waals surface area contributed by atoms with E-state index in [1.54, 1.807) is 29.3 Å². The third kappa shape index (κ3) is 2.01. The largest absolute Gasteiger partial charge is 0.236 e. The number of hydrogen-bond donors (Lipinski definition) is 0. The summed E-state index contributed by atoms with van der Waals surface area (Å²) >= 11 is 10.6. The first-order valence-electron chi connectivity index (χ1n) is 3.17. The molecule has 0 bridgehead atoms. The minimum atomic E-state index is 0.744. The van der Waals surface area contributed by atoms with Crippen molar-refractivity contribution in [3.63, 3.8) is 0 Å². The van der Waals surface area contributed by atoms with Gasteiger partial charge in [0.25, 0.3) is 0 Å². The molecule has 2 aromatic heterocycles. The summed E-state index contributed by atoms with van der Waals surface area (Å²) in [6.45, 7) is 0. The third-order valence-corrected chi connectivity index (χ3v) is 4.37. The number of halogens is 1. The molecule has 0 aliphatic rings. The van der Waals surface area contributed by atoms with Gasteiger partial charge in [0.05, 0.1) is 10.4 Å². The molecule has 0 atom stereocenters. The molecule has 2 aromatic rings. The minimum absolute atomic E-state index is 0.744. The predicted octanol–water partition coefficient (Wildman–Crippen LogP) is 4.01. The highest BCUT2D eigenvalue weighted by molar-refractivity contribution is 8.02. The summed E-state index contributed by atoms with van der Waals surface area (Å²) in [7, 11) is 0. The van der Waals surface area contributed by atoms with E-state index in [1.165, 1.54) is 15.5 Å². The van der Waals surface area contributed by atoms with Gasteiger partial charge in [-0.15, -0.1) is 11.3 Å². The normalized spacial score (nSPS) is 10.4. The second-order valence-corrected chi connectivity index (χ2v) is 6.12. The van der Waals surface area contributed by atoms with Gasteiger partial charge in [0.2, 0.25) is 0 Å². The zero-order valence-corrected chi connectivity index (χ0v) is 9.06. The van der Waals surface area contributed by atoms with Crippen molar-refractivity contribution in [2.45, 2.75) is 8.55 Å². The molecule has 0 spiro atoms. The van der Waals surface area contributed by atoms with Crippen LogP contribution >= 0.6 is 46.0 Å². The number of hydrogen-bond acceptors (Lipinski definition) is 4. The van der Waals surface area contributed by atoms with Crippen LogP contribution in [0.25, 0.3) is 0 Å². The quantitative estimate of drug-likeness (QED) is 0.778. The van der Waals surface area contributed by atoms with Gasteiger partial charge in [-0.3, -0.25) is 0 Å². The molecule has 0 aromatic carbocycles. The summed E-state index contributed by atoms with van der Waals surface area (Å²) < 4.78 is 3.00. The van der Waals surface area contributed by atoms with Crippen LogP contribution in [0, 0.1) is 0 Å². The Morgan fingerprint density at radius 3 is 3.00 bits per heavy atom. The predicted molar refractivity (Wildman–Crippen MR) is 55.6 cm³/mol. The third-order valence-electron chi connectivity index (χ3n) is 1.14. The first kappa shape index (κ1) is 8.56. The Morgan fingerprint density at radius 1 is 1.50 bits per heavy atom. The van der Waals surface area contributed by atoms with E-state index in [2.05, 4.69) is 16.4 Å². The SMILES string of the molecule is Clc1cnc(Sc2cccs2)s1.